The topological polar surface area (TPSA) is 64.0 Å². The number of aryl methyl sites for hydroxylation is 2. The number of aromatic nitrogens is 2. The first-order valence-corrected chi connectivity index (χ1v) is 11.9. The van der Waals surface area contributed by atoms with Crippen molar-refractivity contribution in [1.29, 1.82) is 0 Å². The molecule has 7 heteroatoms. The van der Waals surface area contributed by atoms with Crippen molar-refractivity contribution in [1.82, 2.24) is 14.9 Å². The molecule has 0 aliphatic carbocycles. The van der Waals surface area contributed by atoms with Gasteiger partial charge in [0.2, 0.25) is 5.91 Å². The van der Waals surface area contributed by atoms with E-state index in [1.54, 1.807) is 4.57 Å². The van der Waals surface area contributed by atoms with Crippen LogP contribution < -0.4 is 10.9 Å². The van der Waals surface area contributed by atoms with E-state index in [9.17, 15) is 9.59 Å². The van der Waals surface area contributed by atoms with E-state index >= 15 is 0 Å². The highest BCUT2D eigenvalue weighted by Crippen LogP contribution is 2.24. The summed E-state index contributed by atoms with van der Waals surface area (Å²) in [6.07, 6.45) is 0.781. The molecule has 5 nitrogen and oxygen atoms in total. The van der Waals surface area contributed by atoms with Crippen LogP contribution in [0, 0.1) is 13.8 Å². The van der Waals surface area contributed by atoms with Crippen LogP contribution in [0.4, 0.5) is 0 Å². The normalized spacial score (nSPS) is 11.0. The third kappa shape index (κ3) is 4.89. The number of carbonyl (C=O) groups excluding carboxylic acids is 1. The molecule has 0 saturated heterocycles. The van der Waals surface area contributed by atoms with Gasteiger partial charge in [-0.1, -0.05) is 48.2 Å². The molecule has 1 N–H and O–H groups in total. The van der Waals surface area contributed by atoms with Gasteiger partial charge in [0.15, 0.2) is 5.16 Å². The van der Waals surface area contributed by atoms with Crippen LogP contribution in [-0.4, -0.2) is 27.8 Å². The van der Waals surface area contributed by atoms with E-state index in [2.05, 4.69) is 10.3 Å². The highest BCUT2D eigenvalue weighted by atomic mass is 32.2. The van der Waals surface area contributed by atoms with Gasteiger partial charge in [-0.15, -0.1) is 11.3 Å². The molecule has 0 bridgehead atoms. The largest absolute Gasteiger partial charge is 0.355 e. The lowest BCUT2D eigenvalue weighted by atomic mass is 10.1. The van der Waals surface area contributed by atoms with Gasteiger partial charge in [0.05, 0.1) is 17.0 Å². The van der Waals surface area contributed by atoms with Crippen molar-refractivity contribution in [2.24, 2.45) is 0 Å². The highest BCUT2D eigenvalue weighted by Gasteiger charge is 2.16. The summed E-state index contributed by atoms with van der Waals surface area (Å²) in [4.78, 5) is 30.3. The summed E-state index contributed by atoms with van der Waals surface area (Å²) < 4.78 is 2.24. The van der Waals surface area contributed by atoms with Crippen LogP contribution in [0.5, 0.6) is 0 Å². The molecule has 0 unspecified atom stereocenters. The first-order valence-electron chi connectivity index (χ1n) is 10.0. The molecule has 158 valence electrons. The van der Waals surface area contributed by atoms with Gasteiger partial charge in [0.25, 0.3) is 5.56 Å². The zero-order chi connectivity index (χ0) is 21.8. The van der Waals surface area contributed by atoms with Crippen LogP contribution >= 0.6 is 23.1 Å². The number of nitrogens with zero attached hydrogens (tertiary/aromatic N) is 2. The Morgan fingerprint density at radius 3 is 2.68 bits per heavy atom. The van der Waals surface area contributed by atoms with Crippen molar-refractivity contribution < 1.29 is 4.79 Å². The SMILES string of the molecule is Cc1ccc(-n2c(SCC(=O)NCCc3ccccc3)nc3ccsc3c2=O)cc1C. The van der Waals surface area contributed by atoms with Gasteiger partial charge in [0.1, 0.15) is 4.70 Å². The Morgan fingerprint density at radius 1 is 1.10 bits per heavy atom. The van der Waals surface area contributed by atoms with Crippen molar-refractivity contribution in [2.45, 2.75) is 25.4 Å². The molecular weight excluding hydrogens is 426 g/mol. The van der Waals surface area contributed by atoms with E-state index in [1.165, 1.54) is 28.7 Å². The third-order valence-electron chi connectivity index (χ3n) is 5.11. The average Bonchev–Trinajstić information content (AvgIpc) is 3.24. The maximum atomic E-state index is 13.2. The number of benzene rings is 2. The summed E-state index contributed by atoms with van der Waals surface area (Å²) in [5.74, 6) is 0.120. The van der Waals surface area contributed by atoms with Crippen molar-refractivity contribution in [3.05, 3.63) is 87.0 Å². The van der Waals surface area contributed by atoms with E-state index in [0.717, 1.165) is 23.2 Å². The molecule has 0 atom stereocenters. The zero-order valence-electron chi connectivity index (χ0n) is 17.4. The molecular formula is C24H23N3O2S2. The molecule has 4 rings (SSSR count). The maximum absolute atomic E-state index is 13.2. The smallest absolute Gasteiger partial charge is 0.276 e. The summed E-state index contributed by atoms with van der Waals surface area (Å²) in [5, 5.41) is 5.35. The summed E-state index contributed by atoms with van der Waals surface area (Å²) in [7, 11) is 0. The van der Waals surface area contributed by atoms with Crippen molar-refractivity contribution >= 4 is 39.2 Å². The van der Waals surface area contributed by atoms with Gasteiger partial charge in [-0.2, -0.15) is 0 Å². The van der Waals surface area contributed by atoms with Gasteiger partial charge in [-0.3, -0.25) is 14.2 Å². The number of hydrogen-bond acceptors (Lipinski definition) is 5. The van der Waals surface area contributed by atoms with E-state index in [0.29, 0.717) is 21.9 Å². The predicted molar refractivity (Wildman–Crippen MR) is 129 cm³/mol. The fraction of sp³-hybridized carbons (Fsp3) is 0.208. The van der Waals surface area contributed by atoms with Crippen molar-refractivity contribution in [3.8, 4) is 5.69 Å². The van der Waals surface area contributed by atoms with Gasteiger partial charge in [0, 0.05) is 6.54 Å². The Kier molecular flexibility index (Phi) is 6.53. The van der Waals surface area contributed by atoms with Crippen molar-refractivity contribution in [3.63, 3.8) is 0 Å². The van der Waals surface area contributed by atoms with Gasteiger partial charge < -0.3 is 5.32 Å². The fourth-order valence-corrected chi connectivity index (χ4v) is 4.86. The molecule has 0 spiro atoms. The number of thiophene rings is 1. The molecule has 2 aromatic carbocycles. The number of thioether (sulfide) groups is 1. The number of hydrogen-bond donors (Lipinski definition) is 1. The van der Waals surface area contributed by atoms with Gasteiger partial charge in [-0.05, 0) is 60.5 Å². The number of amides is 1. The van der Waals surface area contributed by atoms with Crippen LogP contribution in [0.25, 0.3) is 15.9 Å². The van der Waals surface area contributed by atoms with E-state index in [-0.39, 0.29) is 17.2 Å². The first kappa shape index (κ1) is 21.3. The predicted octanol–water partition coefficient (Wildman–Crippen LogP) is 4.52. The zero-order valence-corrected chi connectivity index (χ0v) is 19.1. The van der Waals surface area contributed by atoms with Crippen molar-refractivity contribution in [2.75, 3.05) is 12.3 Å². The molecule has 1 amide bonds. The minimum Gasteiger partial charge on any atom is -0.355 e. The molecule has 0 fully saturated rings. The Labute approximate surface area is 189 Å². The average molecular weight is 450 g/mol. The number of carbonyl (C=O) groups is 1. The Hall–Kier alpha value is -2.90. The molecule has 2 heterocycles. The summed E-state index contributed by atoms with van der Waals surface area (Å²) in [5.41, 5.74) is 4.78. The second kappa shape index (κ2) is 9.49. The molecule has 0 aliphatic rings. The standard InChI is InChI=1S/C24H23N3O2S2/c1-16-8-9-19(14-17(16)2)27-23(29)22-20(11-13-30-22)26-24(27)31-15-21(28)25-12-10-18-6-4-3-5-7-18/h3-9,11,13-14H,10,12,15H2,1-2H3,(H,25,28). The van der Waals surface area contributed by atoms with E-state index in [1.807, 2.05) is 73.8 Å². The fourth-order valence-electron chi connectivity index (χ4n) is 3.25. The second-order valence-electron chi connectivity index (χ2n) is 7.31. The lowest BCUT2D eigenvalue weighted by Crippen LogP contribution is -2.28. The lowest BCUT2D eigenvalue weighted by Gasteiger charge is -2.13. The molecule has 2 aromatic heterocycles. The maximum Gasteiger partial charge on any atom is 0.276 e. The summed E-state index contributed by atoms with van der Waals surface area (Å²) >= 11 is 2.67. The van der Waals surface area contributed by atoms with Gasteiger partial charge >= 0.3 is 0 Å². The molecule has 4 aromatic rings. The first-order chi connectivity index (χ1) is 15.0. The van der Waals surface area contributed by atoms with E-state index < -0.39 is 0 Å². The van der Waals surface area contributed by atoms with Crippen LogP contribution in [0.1, 0.15) is 16.7 Å². The quantitative estimate of drug-likeness (QED) is 0.333. The molecule has 31 heavy (non-hydrogen) atoms. The van der Waals surface area contributed by atoms with Crippen LogP contribution in [0.3, 0.4) is 0 Å². The number of fused-ring (bicyclic) bond motifs is 1. The Bertz CT molecular complexity index is 1280. The molecule has 0 aliphatic heterocycles. The van der Waals surface area contributed by atoms with Crippen LogP contribution in [0.2, 0.25) is 0 Å². The third-order valence-corrected chi connectivity index (χ3v) is 6.94. The lowest BCUT2D eigenvalue weighted by molar-refractivity contribution is -0.118. The number of rotatable bonds is 7. The molecule has 0 radical (unpaired) electrons. The number of nitrogens with one attached hydrogen (secondary N) is 1. The highest BCUT2D eigenvalue weighted by molar-refractivity contribution is 7.99. The summed E-state index contributed by atoms with van der Waals surface area (Å²) in [6, 6.07) is 17.8. The van der Waals surface area contributed by atoms with Crippen LogP contribution in [0.15, 0.2) is 69.9 Å². The Balaban J connectivity index is 1.53. The van der Waals surface area contributed by atoms with Crippen LogP contribution in [-0.2, 0) is 11.2 Å². The Morgan fingerprint density at radius 2 is 1.90 bits per heavy atom. The minimum atomic E-state index is -0.102. The minimum absolute atomic E-state index is 0.0766. The van der Waals surface area contributed by atoms with Gasteiger partial charge in [-0.25, -0.2) is 4.98 Å². The molecule has 0 saturated carbocycles. The second-order valence-corrected chi connectivity index (χ2v) is 9.17. The van der Waals surface area contributed by atoms with E-state index in [4.69, 9.17) is 0 Å². The summed E-state index contributed by atoms with van der Waals surface area (Å²) in [6.45, 7) is 4.64. The monoisotopic (exact) mass is 449 g/mol.